The highest BCUT2D eigenvalue weighted by Gasteiger charge is 2.26. The highest BCUT2D eigenvalue weighted by molar-refractivity contribution is 5.50. The SMILES string of the molecule is CC1CN(c2ncnc3c2CCCC3)CCC1N. The highest BCUT2D eigenvalue weighted by Crippen LogP contribution is 2.29. The fraction of sp³-hybridized carbons (Fsp3) is 0.714. The van der Waals surface area contributed by atoms with Gasteiger partial charge in [-0.25, -0.2) is 9.97 Å². The van der Waals surface area contributed by atoms with Gasteiger partial charge in [-0.05, 0) is 38.0 Å². The third-order valence-corrected chi connectivity index (χ3v) is 4.37. The van der Waals surface area contributed by atoms with Gasteiger partial charge in [-0.2, -0.15) is 0 Å². The van der Waals surface area contributed by atoms with Gasteiger partial charge in [0.05, 0.1) is 0 Å². The first-order chi connectivity index (χ1) is 8.75. The molecule has 4 heteroatoms. The Morgan fingerprint density at radius 1 is 1.28 bits per heavy atom. The molecule has 2 aliphatic rings. The number of nitrogens with two attached hydrogens (primary N) is 1. The minimum atomic E-state index is 0.346. The fourth-order valence-electron chi connectivity index (χ4n) is 3.13. The predicted octanol–water partition coefficient (Wildman–Crippen LogP) is 1.53. The molecule has 4 nitrogen and oxygen atoms in total. The molecular weight excluding hydrogens is 224 g/mol. The zero-order chi connectivity index (χ0) is 12.5. The van der Waals surface area contributed by atoms with E-state index >= 15 is 0 Å². The second-order valence-corrected chi connectivity index (χ2v) is 5.71. The predicted molar refractivity (Wildman–Crippen MR) is 72.6 cm³/mol. The van der Waals surface area contributed by atoms with Gasteiger partial charge in [0.1, 0.15) is 12.1 Å². The average Bonchev–Trinajstić information content (AvgIpc) is 2.41. The van der Waals surface area contributed by atoms with E-state index in [1.54, 1.807) is 6.33 Å². The summed E-state index contributed by atoms with van der Waals surface area (Å²) >= 11 is 0. The molecule has 2 N–H and O–H groups in total. The van der Waals surface area contributed by atoms with E-state index in [9.17, 15) is 0 Å². The summed E-state index contributed by atoms with van der Waals surface area (Å²) in [6, 6.07) is 0.346. The van der Waals surface area contributed by atoms with Crippen LogP contribution in [0.1, 0.15) is 37.4 Å². The molecule has 1 aliphatic heterocycles. The smallest absolute Gasteiger partial charge is 0.135 e. The number of rotatable bonds is 1. The fourth-order valence-corrected chi connectivity index (χ4v) is 3.13. The Balaban J connectivity index is 1.88. The first-order valence-corrected chi connectivity index (χ1v) is 7.09. The summed E-state index contributed by atoms with van der Waals surface area (Å²) < 4.78 is 0. The van der Waals surface area contributed by atoms with Gasteiger partial charge in [-0.15, -0.1) is 0 Å². The van der Waals surface area contributed by atoms with Gasteiger partial charge in [-0.3, -0.25) is 0 Å². The third kappa shape index (κ3) is 2.09. The van der Waals surface area contributed by atoms with Crippen LogP contribution in [-0.4, -0.2) is 29.1 Å². The number of hydrogen-bond donors (Lipinski definition) is 1. The number of aryl methyl sites for hydroxylation is 1. The normalized spacial score (nSPS) is 28.0. The number of fused-ring (bicyclic) bond motifs is 1. The number of hydrogen-bond acceptors (Lipinski definition) is 4. The molecule has 98 valence electrons. The van der Waals surface area contributed by atoms with Gasteiger partial charge in [0.15, 0.2) is 0 Å². The van der Waals surface area contributed by atoms with E-state index in [1.807, 2.05) is 0 Å². The van der Waals surface area contributed by atoms with Crippen LogP contribution in [0.15, 0.2) is 6.33 Å². The molecule has 1 fully saturated rings. The molecule has 2 heterocycles. The minimum Gasteiger partial charge on any atom is -0.356 e. The van der Waals surface area contributed by atoms with E-state index in [-0.39, 0.29) is 0 Å². The topological polar surface area (TPSA) is 55.0 Å². The van der Waals surface area contributed by atoms with E-state index < -0.39 is 0 Å². The average molecular weight is 246 g/mol. The molecule has 0 radical (unpaired) electrons. The maximum absolute atomic E-state index is 6.10. The van der Waals surface area contributed by atoms with Gasteiger partial charge in [-0.1, -0.05) is 6.92 Å². The summed E-state index contributed by atoms with van der Waals surface area (Å²) in [5.74, 6) is 1.73. The van der Waals surface area contributed by atoms with E-state index in [2.05, 4.69) is 21.8 Å². The van der Waals surface area contributed by atoms with Crippen molar-refractivity contribution in [3.05, 3.63) is 17.6 Å². The van der Waals surface area contributed by atoms with Crippen molar-refractivity contribution in [2.45, 2.75) is 45.1 Å². The largest absolute Gasteiger partial charge is 0.356 e. The molecule has 1 saturated heterocycles. The number of nitrogens with zero attached hydrogens (tertiary/aromatic N) is 3. The van der Waals surface area contributed by atoms with Crippen molar-refractivity contribution in [3.63, 3.8) is 0 Å². The van der Waals surface area contributed by atoms with Crippen LogP contribution in [0, 0.1) is 5.92 Å². The highest BCUT2D eigenvalue weighted by atomic mass is 15.2. The van der Waals surface area contributed by atoms with E-state index in [0.717, 1.165) is 32.4 Å². The minimum absolute atomic E-state index is 0.346. The number of piperidine rings is 1. The second kappa shape index (κ2) is 4.84. The van der Waals surface area contributed by atoms with Gasteiger partial charge in [0.2, 0.25) is 0 Å². The van der Waals surface area contributed by atoms with Crippen molar-refractivity contribution >= 4 is 5.82 Å². The van der Waals surface area contributed by atoms with E-state index in [4.69, 9.17) is 5.73 Å². The maximum Gasteiger partial charge on any atom is 0.135 e. The monoisotopic (exact) mass is 246 g/mol. The van der Waals surface area contributed by atoms with Crippen LogP contribution in [0.25, 0.3) is 0 Å². The Morgan fingerprint density at radius 2 is 2.11 bits per heavy atom. The van der Waals surface area contributed by atoms with Crippen LogP contribution in [-0.2, 0) is 12.8 Å². The summed E-state index contributed by atoms with van der Waals surface area (Å²) in [7, 11) is 0. The summed E-state index contributed by atoms with van der Waals surface area (Å²) in [4.78, 5) is 11.4. The van der Waals surface area contributed by atoms with E-state index in [1.165, 1.54) is 29.9 Å². The van der Waals surface area contributed by atoms with Crippen molar-refractivity contribution in [1.29, 1.82) is 0 Å². The van der Waals surface area contributed by atoms with Gasteiger partial charge < -0.3 is 10.6 Å². The van der Waals surface area contributed by atoms with Crippen LogP contribution in [0.5, 0.6) is 0 Å². The summed E-state index contributed by atoms with van der Waals surface area (Å²) in [5.41, 5.74) is 8.76. The number of aromatic nitrogens is 2. The quantitative estimate of drug-likeness (QED) is 0.816. The molecule has 0 spiro atoms. The van der Waals surface area contributed by atoms with Crippen LogP contribution < -0.4 is 10.6 Å². The van der Waals surface area contributed by atoms with Crippen LogP contribution in [0.4, 0.5) is 5.82 Å². The molecule has 2 atom stereocenters. The first kappa shape index (κ1) is 11.9. The maximum atomic E-state index is 6.10. The molecule has 18 heavy (non-hydrogen) atoms. The lowest BCUT2D eigenvalue weighted by molar-refractivity contribution is 0.380. The van der Waals surface area contributed by atoms with Crippen molar-refractivity contribution in [2.24, 2.45) is 11.7 Å². The molecule has 0 amide bonds. The molecule has 0 aromatic carbocycles. The lowest BCUT2D eigenvalue weighted by Crippen LogP contribution is -2.46. The summed E-state index contributed by atoms with van der Waals surface area (Å²) in [6.07, 6.45) is 7.61. The van der Waals surface area contributed by atoms with Crippen molar-refractivity contribution < 1.29 is 0 Å². The molecule has 2 unspecified atom stereocenters. The van der Waals surface area contributed by atoms with Crippen LogP contribution in [0.3, 0.4) is 0 Å². The Morgan fingerprint density at radius 3 is 2.94 bits per heavy atom. The Labute approximate surface area is 109 Å². The Kier molecular flexibility index (Phi) is 3.20. The zero-order valence-electron chi connectivity index (χ0n) is 11.1. The van der Waals surface area contributed by atoms with Crippen molar-refractivity contribution in [3.8, 4) is 0 Å². The zero-order valence-corrected chi connectivity index (χ0v) is 11.1. The molecule has 0 saturated carbocycles. The van der Waals surface area contributed by atoms with Gasteiger partial charge in [0.25, 0.3) is 0 Å². The third-order valence-electron chi connectivity index (χ3n) is 4.37. The van der Waals surface area contributed by atoms with Gasteiger partial charge >= 0.3 is 0 Å². The molecule has 1 aliphatic carbocycles. The standard InChI is InChI=1S/C14H22N4/c1-10-8-18(7-6-12(10)15)14-11-4-2-3-5-13(11)16-9-17-14/h9-10,12H,2-8,15H2,1H3. The molecule has 3 rings (SSSR count). The van der Waals surface area contributed by atoms with Crippen molar-refractivity contribution in [1.82, 2.24) is 9.97 Å². The lowest BCUT2D eigenvalue weighted by atomic mass is 9.92. The van der Waals surface area contributed by atoms with E-state index in [0.29, 0.717) is 12.0 Å². The molecule has 0 bridgehead atoms. The lowest BCUT2D eigenvalue weighted by Gasteiger charge is -2.37. The van der Waals surface area contributed by atoms with Crippen LogP contribution in [0.2, 0.25) is 0 Å². The molecular formula is C14H22N4. The summed E-state index contributed by atoms with van der Waals surface area (Å²) in [6.45, 7) is 4.31. The summed E-state index contributed by atoms with van der Waals surface area (Å²) in [5, 5.41) is 0. The Hall–Kier alpha value is -1.16. The Bertz CT molecular complexity index is 432. The van der Waals surface area contributed by atoms with Crippen LogP contribution >= 0.6 is 0 Å². The molecule has 1 aromatic heterocycles. The van der Waals surface area contributed by atoms with Crippen molar-refractivity contribution in [2.75, 3.05) is 18.0 Å². The first-order valence-electron chi connectivity index (χ1n) is 7.09. The van der Waals surface area contributed by atoms with Gasteiger partial charge in [0, 0.05) is 30.4 Å². The second-order valence-electron chi connectivity index (χ2n) is 5.71. The molecule has 1 aromatic rings. The number of anilines is 1.